The number of rotatable bonds is 1. The Kier molecular flexibility index (Phi) is 2.44. The molecule has 15 heavy (non-hydrogen) atoms. The summed E-state index contributed by atoms with van der Waals surface area (Å²) in [7, 11) is 0. The minimum Gasteiger partial charge on any atom is -0.342 e. The summed E-state index contributed by atoms with van der Waals surface area (Å²) in [4.78, 5) is 23.8. The van der Waals surface area contributed by atoms with Crippen LogP contribution < -0.4 is 10.6 Å². The topological polar surface area (TPSA) is 58.2 Å². The van der Waals surface area contributed by atoms with Gasteiger partial charge in [0.25, 0.3) is 0 Å². The minimum absolute atomic E-state index is 0.0123. The summed E-state index contributed by atoms with van der Waals surface area (Å²) < 4.78 is 0. The van der Waals surface area contributed by atoms with Crippen molar-refractivity contribution in [3.63, 3.8) is 0 Å². The Morgan fingerprint density at radius 3 is 2.40 bits per heavy atom. The van der Waals surface area contributed by atoms with Crippen LogP contribution in [0.4, 0.5) is 0 Å². The first-order valence-electron chi connectivity index (χ1n) is 5.68. The summed E-state index contributed by atoms with van der Waals surface area (Å²) in [6.07, 6.45) is 3.63. The molecular formula is C11H18N2O2. The molecule has 1 atom stereocenters. The van der Waals surface area contributed by atoms with Gasteiger partial charge < -0.3 is 10.6 Å². The normalized spacial score (nSPS) is 29.4. The van der Waals surface area contributed by atoms with E-state index in [0.29, 0.717) is 0 Å². The molecule has 4 nitrogen and oxygen atoms in total. The number of piperazine rings is 1. The van der Waals surface area contributed by atoms with Crippen molar-refractivity contribution < 1.29 is 9.59 Å². The highest BCUT2D eigenvalue weighted by Gasteiger charge is 2.48. The van der Waals surface area contributed by atoms with Crippen molar-refractivity contribution in [3.05, 3.63) is 0 Å². The zero-order chi connectivity index (χ0) is 11.1. The average molecular weight is 210 g/mol. The Bertz CT molecular complexity index is 293. The Labute approximate surface area is 89.8 Å². The van der Waals surface area contributed by atoms with E-state index in [1.165, 1.54) is 0 Å². The molecule has 2 aliphatic rings. The predicted molar refractivity (Wildman–Crippen MR) is 56.1 cm³/mol. The average Bonchev–Trinajstić information content (AvgIpc) is 2.60. The Morgan fingerprint density at radius 2 is 1.87 bits per heavy atom. The van der Waals surface area contributed by atoms with E-state index in [2.05, 4.69) is 10.6 Å². The van der Waals surface area contributed by atoms with Gasteiger partial charge in [-0.2, -0.15) is 0 Å². The van der Waals surface area contributed by atoms with Crippen molar-refractivity contribution >= 4 is 11.8 Å². The maximum atomic E-state index is 12.0. The first-order valence-corrected chi connectivity index (χ1v) is 5.68. The van der Waals surface area contributed by atoms with E-state index >= 15 is 0 Å². The van der Waals surface area contributed by atoms with Crippen molar-refractivity contribution in [1.29, 1.82) is 0 Å². The van der Waals surface area contributed by atoms with Crippen LogP contribution in [-0.4, -0.2) is 23.4 Å². The fraction of sp³-hybridized carbons (Fsp3) is 0.818. The van der Waals surface area contributed by atoms with Crippen LogP contribution in [0.1, 0.15) is 39.5 Å². The molecule has 0 bridgehead atoms. The van der Waals surface area contributed by atoms with E-state index in [1.54, 1.807) is 0 Å². The van der Waals surface area contributed by atoms with E-state index in [1.807, 2.05) is 13.8 Å². The zero-order valence-corrected chi connectivity index (χ0v) is 9.30. The molecule has 1 saturated carbocycles. The van der Waals surface area contributed by atoms with Crippen LogP contribution in [-0.2, 0) is 9.59 Å². The van der Waals surface area contributed by atoms with Crippen LogP contribution in [0.5, 0.6) is 0 Å². The lowest BCUT2D eigenvalue weighted by Crippen LogP contribution is -2.69. The molecule has 1 heterocycles. The molecule has 1 saturated heterocycles. The molecule has 0 aromatic heterocycles. The third-order valence-corrected chi connectivity index (χ3v) is 3.49. The number of hydrogen-bond acceptors (Lipinski definition) is 2. The second-order valence-corrected chi connectivity index (χ2v) is 4.97. The first kappa shape index (κ1) is 10.5. The van der Waals surface area contributed by atoms with Crippen LogP contribution in [0.3, 0.4) is 0 Å². The van der Waals surface area contributed by atoms with Gasteiger partial charge in [0, 0.05) is 0 Å². The predicted octanol–water partition coefficient (Wildman–Crippen LogP) is 0.570. The Balaban J connectivity index is 2.16. The van der Waals surface area contributed by atoms with E-state index in [9.17, 15) is 9.59 Å². The summed E-state index contributed by atoms with van der Waals surface area (Å²) in [5, 5.41) is 5.77. The van der Waals surface area contributed by atoms with E-state index in [4.69, 9.17) is 0 Å². The highest BCUT2D eigenvalue weighted by molar-refractivity contribution is 6.00. The third-order valence-electron chi connectivity index (χ3n) is 3.49. The molecule has 0 radical (unpaired) electrons. The molecule has 1 aliphatic heterocycles. The van der Waals surface area contributed by atoms with Crippen LogP contribution in [0, 0.1) is 5.92 Å². The van der Waals surface area contributed by atoms with Gasteiger partial charge in [-0.3, -0.25) is 9.59 Å². The van der Waals surface area contributed by atoms with Crippen LogP contribution in [0.15, 0.2) is 0 Å². The molecule has 2 N–H and O–H groups in total. The van der Waals surface area contributed by atoms with Crippen molar-refractivity contribution in [2.45, 2.75) is 51.1 Å². The maximum absolute atomic E-state index is 12.0. The molecular weight excluding hydrogens is 192 g/mol. The minimum atomic E-state index is -0.581. The maximum Gasteiger partial charge on any atom is 0.246 e. The summed E-state index contributed by atoms with van der Waals surface area (Å²) in [5.74, 6) is 0.137. The SMILES string of the molecule is CC(C)C1NC(=O)C2(CCCC2)NC1=O. The molecule has 1 unspecified atom stereocenters. The fourth-order valence-electron chi connectivity index (χ4n) is 2.52. The molecule has 4 heteroatoms. The molecule has 2 amide bonds. The number of nitrogens with one attached hydrogen (secondary N) is 2. The van der Waals surface area contributed by atoms with E-state index < -0.39 is 5.54 Å². The fourth-order valence-corrected chi connectivity index (χ4v) is 2.52. The van der Waals surface area contributed by atoms with Gasteiger partial charge >= 0.3 is 0 Å². The third kappa shape index (κ3) is 1.62. The van der Waals surface area contributed by atoms with Gasteiger partial charge in [0.1, 0.15) is 11.6 Å². The highest BCUT2D eigenvalue weighted by Crippen LogP contribution is 2.32. The zero-order valence-electron chi connectivity index (χ0n) is 9.30. The first-order chi connectivity index (χ1) is 7.05. The molecule has 2 rings (SSSR count). The van der Waals surface area contributed by atoms with Crippen molar-refractivity contribution in [2.24, 2.45) is 5.92 Å². The van der Waals surface area contributed by atoms with Crippen LogP contribution in [0.2, 0.25) is 0 Å². The molecule has 0 aromatic rings. The van der Waals surface area contributed by atoms with Crippen molar-refractivity contribution in [3.8, 4) is 0 Å². The van der Waals surface area contributed by atoms with Crippen molar-refractivity contribution in [1.82, 2.24) is 10.6 Å². The second kappa shape index (κ2) is 3.51. The largest absolute Gasteiger partial charge is 0.342 e. The highest BCUT2D eigenvalue weighted by atomic mass is 16.2. The lowest BCUT2D eigenvalue weighted by molar-refractivity contribution is -0.142. The Morgan fingerprint density at radius 1 is 1.27 bits per heavy atom. The lowest BCUT2D eigenvalue weighted by atomic mass is 9.89. The summed E-state index contributed by atoms with van der Waals surface area (Å²) >= 11 is 0. The van der Waals surface area contributed by atoms with Gasteiger partial charge in [0.05, 0.1) is 0 Å². The second-order valence-electron chi connectivity index (χ2n) is 4.97. The lowest BCUT2D eigenvalue weighted by Gasteiger charge is -2.38. The van der Waals surface area contributed by atoms with Gasteiger partial charge in [-0.1, -0.05) is 26.7 Å². The van der Waals surface area contributed by atoms with Crippen LogP contribution in [0.25, 0.3) is 0 Å². The molecule has 2 fully saturated rings. The monoisotopic (exact) mass is 210 g/mol. The summed E-state index contributed by atoms with van der Waals surface area (Å²) in [5.41, 5.74) is -0.581. The number of amides is 2. The quantitative estimate of drug-likeness (QED) is 0.664. The van der Waals surface area contributed by atoms with Gasteiger partial charge in [0.15, 0.2) is 0 Å². The van der Waals surface area contributed by atoms with Gasteiger partial charge in [-0.05, 0) is 18.8 Å². The van der Waals surface area contributed by atoms with E-state index in [0.717, 1.165) is 25.7 Å². The summed E-state index contributed by atoms with van der Waals surface area (Å²) in [6.45, 7) is 3.88. The summed E-state index contributed by atoms with van der Waals surface area (Å²) in [6, 6.07) is -0.358. The number of carbonyl (C=O) groups is 2. The van der Waals surface area contributed by atoms with Crippen LogP contribution >= 0.6 is 0 Å². The Hall–Kier alpha value is -1.06. The van der Waals surface area contributed by atoms with Gasteiger partial charge in [0.2, 0.25) is 11.8 Å². The molecule has 0 aromatic carbocycles. The molecule has 1 spiro atoms. The van der Waals surface area contributed by atoms with Gasteiger partial charge in [-0.25, -0.2) is 0 Å². The smallest absolute Gasteiger partial charge is 0.246 e. The number of carbonyl (C=O) groups excluding carboxylic acids is 2. The number of hydrogen-bond donors (Lipinski definition) is 2. The van der Waals surface area contributed by atoms with E-state index in [-0.39, 0.29) is 23.8 Å². The standard InChI is InChI=1S/C11H18N2O2/c1-7(2)8-9(14)13-11(10(15)12-8)5-3-4-6-11/h7-8H,3-6H2,1-2H3,(H,12,15)(H,13,14). The molecule has 84 valence electrons. The van der Waals surface area contributed by atoms with Crippen molar-refractivity contribution in [2.75, 3.05) is 0 Å². The van der Waals surface area contributed by atoms with Gasteiger partial charge in [-0.15, -0.1) is 0 Å². The molecule has 1 aliphatic carbocycles.